The first-order valence-corrected chi connectivity index (χ1v) is 12.0. The first kappa shape index (κ1) is 23.0. The van der Waals surface area contributed by atoms with E-state index in [2.05, 4.69) is 5.32 Å². The molecule has 1 saturated heterocycles. The molecule has 0 unspecified atom stereocenters. The molecule has 5 nitrogen and oxygen atoms in total. The molecule has 2 amide bonds. The van der Waals surface area contributed by atoms with Crippen LogP contribution in [0.4, 0.5) is 0 Å². The molecule has 0 aliphatic carbocycles. The second-order valence-corrected chi connectivity index (χ2v) is 9.46. The molecule has 7 heteroatoms. The molecule has 3 aromatic rings. The van der Waals surface area contributed by atoms with Crippen LogP contribution in [0.1, 0.15) is 40.6 Å². The lowest BCUT2D eigenvalue weighted by atomic mass is 10.1. The fourth-order valence-electron chi connectivity index (χ4n) is 3.35. The Morgan fingerprint density at radius 2 is 1.82 bits per heavy atom. The van der Waals surface area contributed by atoms with Crippen molar-refractivity contribution >= 4 is 46.2 Å². The van der Waals surface area contributed by atoms with Crippen LogP contribution in [0.5, 0.6) is 0 Å². The van der Waals surface area contributed by atoms with Crippen molar-refractivity contribution in [1.29, 1.82) is 0 Å². The number of nitrogens with zero attached hydrogens (tertiary/aromatic N) is 1. The molecule has 168 valence electrons. The van der Waals surface area contributed by atoms with Crippen LogP contribution < -0.4 is 5.32 Å². The predicted octanol–water partition coefficient (Wildman–Crippen LogP) is 5.80. The number of thiocarbonyl (C=S) groups is 1. The lowest BCUT2D eigenvalue weighted by Gasteiger charge is -2.14. The molecule has 1 aliphatic rings. The molecular weight excluding hydrogens is 452 g/mol. The van der Waals surface area contributed by atoms with Crippen molar-refractivity contribution in [3.05, 3.63) is 88.0 Å². The Morgan fingerprint density at radius 1 is 1.09 bits per heavy atom. The Hall–Kier alpha value is -3.16. The first-order chi connectivity index (χ1) is 15.9. The van der Waals surface area contributed by atoms with Gasteiger partial charge in [-0.2, -0.15) is 0 Å². The monoisotopic (exact) mass is 476 g/mol. The van der Waals surface area contributed by atoms with Gasteiger partial charge in [0.25, 0.3) is 11.8 Å². The van der Waals surface area contributed by atoms with E-state index < -0.39 is 0 Å². The van der Waals surface area contributed by atoms with Crippen molar-refractivity contribution in [2.24, 2.45) is 0 Å². The Morgan fingerprint density at radius 3 is 2.52 bits per heavy atom. The van der Waals surface area contributed by atoms with E-state index in [9.17, 15) is 9.59 Å². The standard InChI is InChI=1S/C26H24N2O3S2/c1-3-14-27-24(29)20-10-8-19(9-11-20)22-13-12-21(31-22)15-23-25(30)28(26(32)33-23)16-18-6-4-17(2)5-7-18/h4-13,15H,3,14,16H2,1-2H3,(H,27,29)/b23-15+. The van der Waals surface area contributed by atoms with E-state index in [0.717, 1.165) is 17.5 Å². The highest BCUT2D eigenvalue weighted by molar-refractivity contribution is 8.26. The molecule has 0 radical (unpaired) electrons. The van der Waals surface area contributed by atoms with Crippen molar-refractivity contribution in [3.63, 3.8) is 0 Å². The van der Waals surface area contributed by atoms with Crippen LogP contribution >= 0.6 is 24.0 Å². The van der Waals surface area contributed by atoms with Crippen molar-refractivity contribution in [2.75, 3.05) is 6.54 Å². The van der Waals surface area contributed by atoms with E-state index in [1.807, 2.05) is 62.4 Å². The highest BCUT2D eigenvalue weighted by atomic mass is 32.2. The third-order valence-corrected chi connectivity index (χ3v) is 6.58. The van der Waals surface area contributed by atoms with Crippen molar-refractivity contribution < 1.29 is 14.0 Å². The number of amides is 2. The first-order valence-electron chi connectivity index (χ1n) is 10.7. The molecule has 1 aromatic heterocycles. The SMILES string of the molecule is CCCNC(=O)c1ccc(-c2ccc(/C=C3/SC(=S)N(Cc4ccc(C)cc4)C3=O)o2)cc1. The van der Waals surface area contributed by atoms with Crippen LogP contribution in [0, 0.1) is 6.92 Å². The van der Waals surface area contributed by atoms with Gasteiger partial charge in [0.15, 0.2) is 0 Å². The Bertz CT molecular complexity index is 1210. The van der Waals surface area contributed by atoms with Gasteiger partial charge in [0.2, 0.25) is 0 Å². The topological polar surface area (TPSA) is 62.6 Å². The summed E-state index contributed by atoms with van der Waals surface area (Å²) in [5.41, 5.74) is 3.67. The molecule has 0 saturated carbocycles. The molecule has 4 rings (SSSR count). The van der Waals surface area contributed by atoms with Crippen molar-refractivity contribution in [3.8, 4) is 11.3 Å². The third-order valence-electron chi connectivity index (χ3n) is 5.20. The molecule has 1 N–H and O–H groups in total. The number of thioether (sulfide) groups is 1. The van der Waals surface area contributed by atoms with E-state index in [4.69, 9.17) is 16.6 Å². The fraction of sp³-hybridized carbons (Fsp3) is 0.192. The minimum absolute atomic E-state index is 0.0869. The number of nitrogens with one attached hydrogen (secondary N) is 1. The molecule has 33 heavy (non-hydrogen) atoms. The number of hydrogen-bond acceptors (Lipinski definition) is 5. The highest BCUT2D eigenvalue weighted by Crippen LogP contribution is 2.34. The van der Waals surface area contributed by atoms with Crippen LogP contribution in [0.3, 0.4) is 0 Å². The molecule has 0 bridgehead atoms. The molecule has 2 heterocycles. The van der Waals surface area contributed by atoms with E-state index in [1.54, 1.807) is 23.1 Å². The highest BCUT2D eigenvalue weighted by Gasteiger charge is 2.32. The molecule has 1 fully saturated rings. The summed E-state index contributed by atoms with van der Waals surface area (Å²) in [5, 5.41) is 2.86. The second-order valence-electron chi connectivity index (χ2n) is 7.79. The summed E-state index contributed by atoms with van der Waals surface area (Å²) in [6.07, 6.45) is 2.62. The van der Waals surface area contributed by atoms with Gasteiger partial charge in [-0.25, -0.2) is 0 Å². The lowest BCUT2D eigenvalue weighted by Crippen LogP contribution is -2.27. The van der Waals surface area contributed by atoms with E-state index in [1.165, 1.54) is 17.3 Å². The van der Waals surface area contributed by atoms with Gasteiger partial charge in [-0.15, -0.1) is 0 Å². The second kappa shape index (κ2) is 10.2. The largest absolute Gasteiger partial charge is 0.457 e. The maximum atomic E-state index is 12.9. The Labute approximate surface area is 202 Å². The summed E-state index contributed by atoms with van der Waals surface area (Å²) < 4.78 is 6.48. The molecule has 2 aromatic carbocycles. The maximum Gasteiger partial charge on any atom is 0.266 e. The van der Waals surface area contributed by atoms with Crippen LogP contribution in [0.15, 0.2) is 70.0 Å². The predicted molar refractivity (Wildman–Crippen MR) is 137 cm³/mol. The van der Waals surface area contributed by atoms with Crippen LogP contribution in [0.2, 0.25) is 0 Å². The van der Waals surface area contributed by atoms with Gasteiger partial charge in [-0.1, -0.05) is 72.9 Å². The molecular formula is C26H24N2O3S2. The fourth-order valence-corrected chi connectivity index (χ4v) is 4.59. The zero-order chi connectivity index (χ0) is 23.4. The average Bonchev–Trinajstić information content (AvgIpc) is 3.39. The van der Waals surface area contributed by atoms with Crippen molar-refractivity contribution in [1.82, 2.24) is 10.2 Å². The van der Waals surface area contributed by atoms with Gasteiger partial charge in [-0.3, -0.25) is 14.5 Å². The van der Waals surface area contributed by atoms with E-state index in [0.29, 0.717) is 39.4 Å². The Kier molecular flexibility index (Phi) is 7.11. The summed E-state index contributed by atoms with van der Waals surface area (Å²) in [6.45, 7) is 5.14. The molecule has 0 spiro atoms. The summed E-state index contributed by atoms with van der Waals surface area (Å²) in [7, 11) is 0. The van der Waals surface area contributed by atoms with Gasteiger partial charge in [0.05, 0.1) is 11.4 Å². The van der Waals surface area contributed by atoms with E-state index in [-0.39, 0.29) is 11.8 Å². The number of rotatable bonds is 7. The number of benzene rings is 2. The molecule has 1 aliphatic heterocycles. The zero-order valence-electron chi connectivity index (χ0n) is 18.5. The number of carbonyl (C=O) groups is 2. The van der Waals surface area contributed by atoms with E-state index >= 15 is 0 Å². The van der Waals surface area contributed by atoms with Crippen LogP contribution in [-0.4, -0.2) is 27.6 Å². The van der Waals surface area contributed by atoms with Crippen molar-refractivity contribution in [2.45, 2.75) is 26.8 Å². The number of carbonyl (C=O) groups excluding carboxylic acids is 2. The summed E-state index contributed by atoms with van der Waals surface area (Å²) in [4.78, 5) is 27.1. The zero-order valence-corrected chi connectivity index (χ0v) is 20.1. The van der Waals surface area contributed by atoms with Gasteiger partial charge in [-0.05, 0) is 43.2 Å². The number of aryl methyl sites for hydroxylation is 1. The van der Waals surface area contributed by atoms with Gasteiger partial charge in [0.1, 0.15) is 15.8 Å². The quantitative estimate of drug-likeness (QED) is 0.345. The summed E-state index contributed by atoms with van der Waals surface area (Å²) in [5.74, 6) is 1.03. The van der Waals surface area contributed by atoms with Gasteiger partial charge in [0, 0.05) is 23.7 Å². The van der Waals surface area contributed by atoms with Gasteiger partial charge < -0.3 is 9.73 Å². The number of furan rings is 1. The van der Waals surface area contributed by atoms with Crippen LogP contribution in [0.25, 0.3) is 17.4 Å². The minimum atomic E-state index is -0.119. The van der Waals surface area contributed by atoms with Crippen LogP contribution in [-0.2, 0) is 11.3 Å². The molecule has 0 atom stereocenters. The maximum absolute atomic E-state index is 12.9. The third kappa shape index (κ3) is 5.43. The smallest absolute Gasteiger partial charge is 0.266 e. The summed E-state index contributed by atoms with van der Waals surface area (Å²) in [6, 6.07) is 19.0. The average molecular weight is 477 g/mol. The van der Waals surface area contributed by atoms with Gasteiger partial charge >= 0.3 is 0 Å². The Balaban J connectivity index is 1.45. The normalized spacial score (nSPS) is 14.8. The minimum Gasteiger partial charge on any atom is -0.457 e. The number of hydrogen-bond donors (Lipinski definition) is 1. The lowest BCUT2D eigenvalue weighted by molar-refractivity contribution is -0.122. The summed E-state index contributed by atoms with van der Waals surface area (Å²) >= 11 is 6.72.